The summed E-state index contributed by atoms with van der Waals surface area (Å²) in [5.74, 6) is 0. The van der Waals surface area contributed by atoms with Crippen molar-refractivity contribution in [2.75, 3.05) is 0 Å². The monoisotopic (exact) mass is 294 g/mol. The topological polar surface area (TPSA) is 20.2 Å². The van der Waals surface area contributed by atoms with Crippen LogP contribution in [-0.4, -0.2) is 5.11 Å². The van der Waals surface area contributed by atoms with Crippen molar-refractivity contribution in [2.45, 2.75) is 39.2 Å². The van der Waals surface area contributed by atoms with Gasteiger partial charge >= 0.3 is 0 Å². The Morgan fingerprint density at radius 2 is 1.84 bits per heavy atom. The van der Waals surface area contributed by atoms with E-state index in [1.807, 2.05) is 31.2 Å². The van der Waals surface area contributed by atoms with Crippen molar-refractivity contribution in [3.05, 3.63) is 56.2 Å². The lowest BCUT2D eigenvalue weighted by Gasteiger charge is -2.16. The molecule has 0 aliphatic heterocycles. The van der Waals surface area contributed by atoms with Crippen LogP contribution < -0.4 is 0 Å². The standard InChI is InChI=1S/C16H19ClOS/c1-10-9-11(5-6-12(10)17)15(18)13-7-8-14(19-13)16(2,3)4/h5-9,15,18H,1-4H3. The first kappa shape index (κ1) is 14.6. The van der Waals surface area contributed by atoms with Crippen molar-refractivity contribution >= 4 is 22.9 Å². The Morgan fingerprint density at radius 1 is 1.16 bits per heavy atom. The number of hydrogen-bond acceptors (Lipinski definition) is 2. The molecule has 1 unspecified atom stereocenters. The Hall–Kier alpha value is -0.830. The number of aliphatic hydroxyl groups is 1. The summed E-state index contributed by atoms with van der Waals surface area (Å²) in [5.41, 5.74) is 2.01. The van der Waals surface area contributed by atoms with Crippen LogP contribution in [0.4, 0.5) is 0 Å². The minimum absolute atomic E-state index is 0.124. The van der Waals surface area contributed by atoms with Gasteiger partial charge in [-0.1, -0.05) is 44.5 Å². The van der Waals surface area contributed by atoms with Gasteiger partial charge in [0.2, 0.25) is 0 Å². The highest BCUT2D eigenvalue weighted by Gasteiger charge is 2.19. The number of aryl methyl sites for hydroxylation is 1. The molecule has 0 spiro atoms. The summed E-state index contributed by atoms with van der Waals surface area (Å²) in [5, 5.41) is 11.2. The maximum atomic E-state index is 10.5. The molecule has 19 heavy (non-hydrogen) atoms. The Morgan fingerprint density at radius 3 is 2.37 bits per heavy atom. The first-order chi connectivity index (χ1) is 8.79. The van der Waals surface area contributed by atoms with Crippen LogP contribution in [0.3, 0.4) is 0 Å². The molecule has 1 nitrogen and oxygen atoms in total. The van der Waals surface area contributed by atoms with Crippen molar-refractivity contribution in [1.82, 2.24) is 0 Å². The summed E-state index contributed by atoms with van der Waals surface area (Å²) >= 11 is 7.69. The molecule has 0 fully saturated rings. The number of thiophene rings is 1. The molecule has 1 aromatic heterocycles. The average Bonchev–Trinajstić information content (AvgIpc) is 2.81. The van der Waals surface area contributed by atoms with Crippen LogP contribution >= 0.6 is 22.9 Å². The van der Waals surface area contributed by atoms with E-state index in [4.69, 9.17) is 11.6 Å². The Kier molecular flexibility index (Phi) is 4.05. The van der Waals surface area contributed by atoms with Gasteiger partial charge in [0.05, 0.1) is 0 Å². The molecule has 102 valence electrons. The van der Waals surface area contributed by atoms with Gasteiger partial charge in [0, 0.05) is 14.8 Å². The molecule has 2 aromatic rings. The van der Waals surface area contributed by atoms with E-state index < -0.39 is 6.10 Å². The summed E-state index contributed by atoms with van der Waals surface area (Å²) in [7, 11) is 0. The van der Waals surface area contributed by atoms with Crippen LogP contribution in [0.2, 0.25) is 5.02 Å². The summed E-state index contributed by atoms with van der Waals surface area (Å²) in [6, 6.07) is 9.79. The number of benzene rings is 1. The highest BCUT2D eigenvalue weighted by molar-refractivity contribution is 7.12. The summed E-state index contributed by atoms with van der Waals surface area (Å²) in [4.78, 5) is 2.26. The average molecular weight is 295 g/mol. The van der Waals surface area contributed by atoms with Gasteiger partial charge in [0.25, 0.3) is 0 Å². The molecule has 2 rings (SSSR count). The number of rotatable bonds is 2. The molecule has 0 aliphatic carbocycles. The van der Waals surface area contributed by atoms with E-state index in [2.05, 4.69) is 26.8 Å². The molecule has 0 radical (unpaired) electrons. The summed E-state index contributed by atoms with van der Waals surface area (Å²) < 4.78 is 0. The zero-order valence-electron chi connectivity index (χ0n) is 11.7. The molecular formula is C16H19ClOS. The highest BCUT2D eigenvalue weighted by atomic mass is 35.5. The molecule has 1 aromatic carbocycles. The van der Waals surface area contributed by atoms with E-state index in [1.54, 1.807) is 11.3 Å². The van der Waals surface area contributed by atoms with E-state index in [1.165, 1.54) is 4.88 Å². The summed E-state index contributed by atoms with van der Waals surface area (Å²) in [6.45, 7) is 8.50. The van der Waals surface area contributed by atoms with Gasteiger partial charge in [-0.25, -0.2) is 0 Å². The number of aliphatic hydroxyl groups excluding tert-OH is 1. The molecule has 0 bridgehead atoms. The highest BCUT2D eigenvalue weighted by Crippen LogP contribution is 2.35. The third-order valence-corrected chi connectivity index (χ3v) is 5.12. The smallest absolute Gasteiger partial charge is 0.113 e. The second-order valence-electron chi connectivity index (χ2n) is 5.86. The van der Waals surface area contributed by atoms with Crippen molar-refractivity contribution in [2.24, 2.45) is 0 Å². The van der Waals surface area contributed by atoms with E-state index in [0.29, 0.717) is 0 Å². The van der Waals surface area contributed by atoms with Gasteiger partial charge in [0.15, 0.2) is 0 Å². The molecule has 0 aliphatic rings. The lowest BCUT2D eigenvalue weighted by molar-refractivity contribution is 0.224. The third kappa shape index (κ3) is 3.19. The van der Waals surface area contributed by atoms with Gasteiger partial charge in [0.1, 0.15) is 6.10 Å². The molecule has 1 heterocycles. The normalized spacial score (nSPS) is 13.6. The Bertz CT molecular complexity index is 581. The van der Waals surface area contributed by atoms with Gasteiger partial charge in [-0.05, 0) is 41.7 Å². The van der Waals surface area contributed by atoms with Crippen molar-refractivity contribution < 1.29 is 5.11 Å². The Labute approximate surface area is 123 Å². The molecule has 3 heteroatoms. The first-order valence-corrected chi connectivity index (χ1v) is 7.53. The number of hydrogen-bond donors (Lipinski definition) is 1. The van der Waals surface area contributed by atoms with Crippen molar-refractivity contribution in [1.29, 1.82) is 0 Å². The third-order valence-electron chi connectivity index (χ3n) is 3.13. The van der Waals surface area contributed by atoms with Gasteiger partial charge in [-0.2, -0.15) is 0 Å². The largest absolute Gasteiger partial charge is 0.383 e. The molecule has 1 N–H and O–H groups in total. The van der Waals surface area contributed by atoms with Crippen LogP contribution in [0.1, 0.15) is 47.8 Å². The molecule has 0 saturated carbocycles. The SMILES string of the molecule is Cc1cc(C(O)c2ccc(C(C)(C)C)s2)ccc1Cl. The van der Waals surface area contributed by atoms with Crippen LogP contribution in [0, 0.1) is 6.92 Å². The Balaban J connectivity index is 2.31. The maximum absolute atomic E-state index is 10.5. The fourth-order valence-electron chi connectivity index (χ4n) is 1.91. The fraction of sp³-hybridized carbons (Fsp3) is 0.375. The lowest BCUT2D eigenvalue weighted by atomic mass is 9.95. The van der Waals surface area contributed by atoms with Gasteiger partial charge in [-0.15, -0.1) is 11.3 Å². The van der Waals surface area contributed by atoms with E-state index >= 15 is 0 Å². The minimum atomic E-state index is -0.572. The zero-order chi connectivity index (χ0) is 14.2. The van der Waals surface area contributed by atoms with Crippen molar-refractivity contribution in [3.8, 4) is 0 Å². The second kappa shape index (κ2) is 5.28. The van der Waals surface area contributed by atoms with Crippen molar-refractivity contribution in [3.63, 3.8) is 0 Å². The predicted octanol–water partition coefficient (Wildman–Crippen LogP) is 5.09. The maximum Gasteiger partial charge on any atom is 0.113 e. The predicted molar refractivity (Wildman–Crippen MR) is 83.3 cm³/mol. The van der Waals surface area contributed by atoms with Gasteiger partial charge in [-0.3, -0.25) is 0 Å². The first-order valence-electron chi connectivity index (χ1n) is 6.33. The number of halogens is 1. The van der Waals surface area contributed by atoms with E-state index in [0.717, 1.165) is 21.0 Å². The van der Waals surface area contributed by atoms with Crippen LogP contribution in [0.5, 0.6) is 0 Å². The summed E-state index contributed by atoms with van der Waals surface area (Å²) in [6.07, 6.45) is -0.572. The second-order valence-corrected chi connectivity index (χ2v) is 7.39. The van der Waals surface area contributed by atoms with E-state index in [9.17, 15) is 5.11 Å². The van der Waals surface area contributed by atoms with Gasteiger partial charge < -0.3 is 5.11 Å². The minimum Gasteiger partial charge on any atom is -0.383 e. The molecule has 0 saturated heterocycles. The fourth-order valence-corrected chi connectivity index (χ4v) is 3.10. The zero-order valence-corrected chi connectivity index (χ0v) is 13.3. The van der Waals surface area contributed by atoms with Crippen LogP contribution in [0.15, 0.2) is 30.3 Å². The molecule has 1 atom stereocenters. The quantitative estimate of drug-likeness (QED) is 0.818. The van der Waals surface area contributed by atoms with Crippen LogP contribution in [0.25, 0.3) is 0 Å². The molecule has 0 amide bonds. The van der Waals surface area contributed by atoms with E-state index in [-0.39, 0.29) is 5.41 Å². The molecular weight excluding hydrogens is 276 g/mol. The lowest BCUT2D eigenvalue weighted by Crippen LogP contribution is -2.07. The van der Waals surface area contributed by atoms with Crippen LogP contribution in [-0.2, 0) is 5.41 Å².